The van der Waals surface area contributed by atoms with Crippen LogP contribution in [0.25, 0.3) is 0 Å². The van der Waals surface area contributed by atoms with Gasteiger partial charge in [0.15, 0.2) is 0 Å². The molecule has 1 aliphatic heterocycles. The zero-order valence-electron chi connectivity index (χ0n) is 15.0. The smallest absolute Gasteiger partial charge is 0.244 e. The van der Waals surface area contributed by atoms with E-state index in [1.54, 1.807) is 24.8 Å². The van der Waals surface area contributed by atoms with E-state index < -0.39 is 16.1 Å². The maximum atomic E-state index is 12.8. The fraction of sp³-hybridized carbons (Fsp3) is 0.316. The van der Waals surface area contributed by atoms with Crippen molar-refractivity contribution < 1.29 is 17.9 Å². The molecule has 0 fully saturated rings. The third-order valence-electron chi connectivity index (χ3n) is 4.53. The monoisotopic (exact) mass is 374 g/mol. The van der Waals surface area contributed by atoms with Gasteiger partial charge in [0, 0.05) is 12.2 Å². The molecule has 0 saturated heterocycles. The molecule has 0 spiro atoms. The van der Waals surface area contributed by atoms with Gasteiger partial charge >= 0.3 is 0 Å². The van der Waals surface area contributed by atoms with Gasteiger partial charge in [0.25, 0.3) is 0 Å². The average Bonchev–Trinajstić information content (AvgIpc) is 3.04. The summed E-state index contributed by atoms with van der Waals surface area (Å²) in [5.41, 5.74) is 2.66. The van der Waals surface area contributed by atoms with Gasteiger partial charge in [-0.2, -0.15) is 4.72 Å². The topological polar surface area (TPSA) is 75.7 Å². The van der Waals surface area contributed by atoms with E-state index in [-0.39, 0.29) is 10.8 Å². The summed E-state index contributed by atoms with van der Waals surface area (Å²) in [6.45, 7) is 3.90. The first-order chi connectivity index (χ1) is 12.3. The normalized spacial score (nSPS) is 14.8. The standard InChI is InChI=1S/C19H22N2O4S/c1-13-12-16(8-9-18(13)25-3)26(23,24)20-14(2)19(22)21-11-10-15-6-4-5-7-17(15)21/h4-9,12,14,20H,10-11H2,1-3H3/t14-/m0/s1. The van der Waals surface area contributed by atoms with Crippen LogP contribution < -0.4 is 14.4 Å². The van der Waals surface area contributed by atoms with Crippen LogP contribution in [0.1, 0.15) is 18.1 Å². The predicted octanol–water partition coefficient (Wildman–Crippen LogP) is 2.26. The predicted molar refractivity (Wildman–Crippen MR) is 100 cm³/mol. The van der Waals surface area contributed by atoms with Crippen LogP contribution in [0.4, 0.5) is 5.69 Å². The summed E-state index contributed by atoms with van der Waals surface area (Å²) < 4.78 is 32.9. The highest BCUT2D eigenvalue weighted by molar-refractivity contribution is 7.89. The second-order valence-electron chi connectivity index (χ2n) is 6.34. The van der Waals surface area contributed by atoms with E-state index in [1.807, 2.05) is 24.3 Å². The van der Waals surface area contributed by atoms with Gasteiger partial charge < -0.3 is 9.64 Å². The number of benzene rings is 2. The Hall–Kier alpha value is -2.38. The molecule has 0 aromatic heterocycles. The number of rotatable bonds is 5. The molecule has 1 aliphatic rings. The van der Waals surface area contributed by atoms with E-state index in [1.165, 1.54) is 19.2 Å². The molecule has 6 nitrogen and oxygen atoms in total. The van der Waals surface area contributed by atoms with E-state index in [0.717, 1.165) is 17.7 Å². The fourth-order valence-corrected chi connectivity index (χ4v) is 4.45. The molecule has 0 unspecified atom stereocenters. The second kappa shape index (κ2) is 7.09. The number of ether oxygens (including phenoxy) is 1. The molecule has 1 N–H and O–H groups in total. The molecule has 0 bridgehead atoms. The largest absolute Gasteiger partial charge is 0.496 e. The van der Waals surface area contributed by atoms with Gasteiger partial charge in [0.2, 0.25) is 15.9 Å². The molecule has 0 aliphatic carbocycles. The van der Waals surface area contributed by atoms with Gasteiger partial charge in [-0.05, 0) is 55.7 Å². The Morgan fingerprint density at radius 3 is 2.65 bits per heavy atom. The molecule has 2 aromatic carbocycles. The highest BCUT2D eigenvalue weighted by Gasteiger charge is 2.30. The Morgan fingerprint density at radius 1 is 1.23 bits per heavy atom. The maximum absolute atomic E-state index is 12.8. The summed E-state index contributed by atoms with van der Waals surface area (Å²) in [6.07, 6.45) is 0.777. The van der Waals surface area contributed by atoms with Crippen LogP contribution >= 0.6 is 0 Å². The summed E-state index contributed by atoms with van der Waals surface area (Å²) in [6, 6.07) is 11.4. The van der Waals surface area contributed by atoms with Crippen molar-refractivity contribution in [1.82, 2.24) is 4.72 Å². The number of methoxy groups -OCH3 is 1. The lowest BCUT2D eigenvalue weighted by Gasteiger charge is -2.22. The molecule has 0 radical (unpaired) electrons. The minimum atomic E-state index is -3.81. The molecule has 7 heteroatoms. The zero-order chi connectivity index (χ0) is 18.9. The van der Waals surface area contributed by atoms with Crippen LogP contribution in [0.3, 0.4) is 0 Å². The molecule has 0 saturated carbocycles. The summed E-state index contributed by atoms with van der Waals surface area (Å²) in [7, 11) is -2.28. The fourth-order valence-electron chi connectivity index (χ4n) is 3.17. The van der Waals surface area contributed by atoms with Crippen molar-refractivity contribution in [2.75, 3.05) is 18.6 Å². The van der Waals surface area contributed by atoms with E-state index in [2.05, 4.69) is 4.72 Å². The Morgan fingerprint density at radius 2 is 1.96 bits per heavy atom. The van der Waals surface area contributed by atoms with Crippen LogP contribution in [0, 0.1) is 6.92 Å². The van der Waals surface area contributed by atoms with Crippen LogP contribution in [0.15, 0.2) is 47.4 Å². The molecule has 26 heavy (non-hydrogen) atoms. The number of para-hydroxylation sites is 1. The molecular weight excluding hydrogens is 352 g/mol. The number of amides is 1. The van der Waals surface area contributed by atoms with Crippen molar-refractivity contribution in [2.45, 2.75) is 31.2 Å². The molecule has 1 amide bonds. The van der Waals surface area contributed by atoms with Crippen LogP contribution in [-0.2, 0) is 21.2 Å². The van der Waals surface area contributed by atoms with Crippen molar-refractivity contribution in [2.24, 2.45) is 0 Å². The van der Waals surface area contributed by atoms with Crippen LogP contribution in [0.5, 0.6) is 5.75 Å². The lowest BCUT2D eigenvalue weighted by Crippen LogP contribution is -2.46. The second-order valence-corrected chi connectivity index (χ2v) is 8.06. The first-order valence-electron chi connectivity index (χ1n) is 8.40. The third kappa shape index (κ3) is 3.45. The SMILES string of the molecule is COc1ccc(S(=O)(=O)N[C@@H](C)C(=O)N2CCc3ccccc32)cc1C. The van der Waals surface area contributed by atoms with Crippen molar-refractivity contribution >= 4 is 21.6 Å². The Labute approximate surface area is 153 Å². The van der Waals surface area contributed by atoms with Crippen molar-refractivity contribution in [1.29, 1.82) is 0 Å². The number of nitrogens with one attached hydrogen (secondary N) is 1. The highest BCUT2D eigenvalue weighted by Crippen LogP contribution is 2.28. The van der Waals surface area contributed by atoms with E-state index in [0.29, 0.717) is 17.9 Å². The molecule has 3 rings (SSSR count). The Bertz CT molecular complexity index is 940. The number of aryl methyl sites for hydroxylation is 1. The van der Waals surface area contributed by atoms with Gasteiger partial charge in [-0.25, -0.2) is 8.42 Å². The molecule has 1 heterocycles. The van der Waals surface area contributed by atoms with Gasteiger partial charge in [-0.3, -0.25) is 4.79 Å². The summed E-state index contributed by atoms with van der Waals surface area (Å²) in [5.74, 6) is 0.352. The first kappa shape index (κ1) is 18.4. The minimum Gasteiger partial charge on any atom is -0.496 e. The van der Waals surface area contributed by atoms with E-state index in [9.17, 15) is 13.2 Å². The average molecular weight is 374 g/mol. The van der Waals surface area contributed by atoms with Gasteiger partial charge in [-0.1, -0.05) is 18.2 Å². The molecule has 2 aromatic rings. The Balaban J connectivity index is 1.78. The van der Waals surface area contributed by atoms with E-state index >= 15 is 0 Å². The summed E-state index contributed by atoms with van der Waals surface area (Å²) >= 11 is 0. The number of hydrogen-bond donors (Lipinski definition) is 1. The molecular formula is C19H22N2O4S. The number of sulfonamides is 1. The molecule has 138 valence electrons. The van der Waals surface area contributed by atoms with Crippen molar-refractivity contribution in [3.8, 4) is 5.75 Å². The maximum Gasteiger partial charge on any atom is 0.244 e. The van der Waals surface area contributed by atoms with Crippen LogP contribution in [0.2, 0.25) is 0 Å². The zero-order valence-corrected chi connectivity index (χ0v) is 15.8. The Kier molecular flexibility index (Phi) is 5.02. The minimum absolute atomic E-state index is 0.109. The number of fused-ring (bicyclic) bond motifs is 1. The number of hydrogen-bond acceptors (Lipinski definition) is 4. The van der Waals surface area contributed by atoms with Gasteiger partial charge in [0.05, 0.1) is 18.0 Å². The van der Waals surface area contributed by atoms with Crippen LogP contribution in [-0.4, -0.2) is 34.0 Å². The van der Waals surface area contributed by atoms with Gasteiger partial charge in [-0.15, -0.1) is 0 Å². The highest BCUT2D eigenvalue weighted by atomic mass is 32.2. The van der Waals surface area contributed by atoms with Crippen molar-refractivity contribution in [3.63, 3.8) is 0 Å². The lowest BCUT2D eigenvalue weighted by atomic mass is 10.2. The number of anilines is 1. The lowest BCUT2D eigenvalue weighted by molar-refractivity contribution is -0.119. The van der Waals surface area contributed by atoms with Gasteiger partial charge in [0.1, 0.15) is 5.75 Å². The third-order valence-corrected chi connectivity index (χ3v) is 6.07. The van der Waals surface area contributed by atoms with Crippen molar-refractivity contribution in [3.05, 3.63) is 53.6 Å². The number of nitrogens with zero attached hydrogens (tertiary/aromatic N) is 1. The number of carbonyl (C=O) groups is 1. The first-order valence-corrected chi connectivity index (χ1v) is 9.88. The van der Waals surface area contributed by atoms with E-state index in [4.69, 9.17) is 4.74 Å². The number of carbonyl (C=O) groups excluding carboxylic acids is 1. The molecule has 1 atom stereocenters. The summed E-state index contributed by atoms with van der Waals surface area (Å²) in [5, 5.41) is 0. The quantitative estimate of drug-likeness (QED) is 0.871. The summed E-state index contributed by atoms with van der Waals surface area (Å²) in [4.78, 5) is 14.5.